The lowest BCUT2D eigenvalue weighted by Gasteiger charge is -2.30. The number of likely N-dealkylation sites (N-methyl/N-ethyl adjacent to an activating group) is 2. The Kier molecular flexibility index (Phi) is 5.34. The molecule has 0 spiro atoms. The number of anilines is 2. The topological polar surface area (TPSA) is 75.7 Å². The molecule has 0 fully saturated rings. The maximum absolute atomic E-state index is 14.1. The summed E-state index contributed by atoms with van der Waals surface area (Å²) in [5.41, 5.74) is 2.42. The molecule has 0 saturated heterocycles. The van der Waals surface area contributed by atoms with E-state index in [2.05, 4.69) is 16.8 Å². The molecule has 2 heterocycles. The fraction of sp³-hybridized carbons (Fsp3) is 0.368. The summed E-state index contributed by atoms with van der Waals surface area (Å²) in [6.45, 7) is 5.81. The number of aromatic hydroxyl groups is 1. The second-order valence-corrected chi connectivity index (χ2v) is 6.70. The summed E-state index contributed by atoms with van der Waals surface area (Å²) in [6.07, 6.45) is 2.01. The van der Waals surface area contributed by atoms with E-state index in [0.29, 0.717) is 38.3 Å². The molecule has 0 unspecified atom stereocenters. The third kappa shape index (κ3) is 3.89. The maximum Gasteiger partial charge on any atom is 0.245 e. The van der Waals surface area contributed by atoms with Crippen LogP contribution in [-0.2, 0) is 17.8 Å². The zero-order valence-electron chi connectivity index (χ0n) is 15.6. The van der Waals surface area contributed by atoms with E-state index in [1.807, 2.05) is 16.8 Å². The number of aromatic amines is 1. The van der Waals surface area contributed by atoms with Crippen molar-refractivity contribution in [1.29, 1.82) is 0 Å². The highest BCUT2D eigenvalue weighted by Crippen LogP contribution is 2.31. The molecule has 1 aromatic carbocycles. The zero-order chi connectivity index (χ0) is 19.6. The number of benzene rings is 1. The van der Waals surface area contributed by atoms with Crippen molar-refractivity contribution in [2.45, 2.75) is 13.0 Å². The van der Waals surface area contributed by atoms with Gasteiger partial charge in [-0.3, -0.25) is 9.89 Å². The lowest BCUT2D eigenvalue weighted by molar-refractivity contribution is -0.124. The summed E-state index contributed by atoms with van der Waals surface area (Å²) in [5.74, 6) is 0.417. The number of rotatable bonds is 6. The summed E-state index contributed by atoms with van der Waals surface area (Å²) in [4.78, 5) is 17.1. The summed E-state index contributed by atoms with van der Waals surface area (Å²) in [7, 11) is 3.67. The van der Waals surface area contributed by atoms with E-state index in [1.54, 1.807) is 11.9 Å². The van der Waals surface area contributed by atoms with Gasteiger partial charge in [-0.15, -0.1) is 0 Å². The van der Waals surface area contributed by atoms with E-state index < -0.39 is 0 Å². The highest BCUT2D eigenvalue weighted by atomic mass is 19.1. The number of aromatic nitrogens is 2. The van der Waals surface area contributed by atoms with Crippen LogP contribution in [0, 0.1) is 5.82 Å². The normalized spacial score (nSPS) is 13.2. The van der Waals surface area contributed by atoms with E-state index in [-0.39, 0.29) is 17.5 Å². The SMILES string of the molecule is C=CC(=O)N(C)CCN(C)c1n[nH]c2c1CCN(c1cc(O)ccc1F)C2. The van der Waals surface area contributed by atoms with Crippen molar-refractivity contribution in [3.63, 3.8) is 0 Å². The molecule has 0 saturated carbocycles. The van der Waals surface area contributed by atoms with Crippen LogP contribution in [0.25, 0.3) is 0 Å². The van der Waals surface area contributed by atoms with Crippen molar-refractivity contribution in [2.24, 2.45) is 0 Å². The number of fused-ring (bicyclic) bond motifs is 1. The first-order chi connectivity index (χ1) is 12.9. The molecule has 7 nitrogen and oxygen atoms in total. The predicted octanol–water partition coefficient (Wildman–Crippen LogP) is 1.90. The maximum atomic E-state index is 14.1. The molecule has 2 N–H and O–H groups in total. The average molecular weight is 373 g/mol. The van der Waals surface area contributed by atoms with Gasteiger partial charge in [-0.25, -0.2) is 4.39 Å². The predicted molar refractivity (Wildman–Crippen MR) is 103 cm³/mol. The second kappa shape index (κ2) is 7.69. The monoisotopic (exact) mass is 373 g/mol. The van der Waals surface area contributed by atoms with Crippen molar-refractivity contribution in [3.05, 3.63) is 47.9 Å². The van der Waals surface area contributed by atoms with Gasteiger partial charge in [-0.1, -0.05) is 6.58 Å². The van der Waals surface area contributed by atoms with Crippen LogP contribution in [0.5, 0.6) is 5.75 Å². The Morgan fingerprint density at radius 1 is 1.44 bits per heavy atom. The summed E-state index contributed by atoms with van der Waals surface area (Å²) in [6, 6.07) is 4.05. The van der Waals surface area contributed by atoms with Gasteiger partial charge < -0.3 is 19.8 Å². The molecular formula is C19H24FN5O2. The minimum absolute atomic E-state index is 0.0421. The number of carbonyl (C=O) groups excluding carboxylic acids is 1. The van der Waals surface area contributed by atoms with E-state index >= 15 is 0 Å². The molecule has 1 aliphatic heterocycles. The quantitative estimate of drug-likeness (QED) is 0.757. The first-order valence-electron chi connectivity index (χ1n) is 8.79. The van der Waals surface area contributed by atoms with Gasteiger partial charge in [0.15, 0.2) is 5.82 Å². The molecule has 0 bridgehead atoms. The van der Waals surface area contributed by atoms with Crippen LogP contribution in [-0.4, -0.2) is 59.8 Å². The van der Waals surface area contributed by atoms with Gasteiger partial charge in [-0.05, 0) is 24.6 Å². The van der Waals surface area contributed by atoms with Gasteiger partial charge in [-0.2, -0.15) is 5.10 Å². The smallest absolute Gasteiger partial charge is 0.245 e. The molecule has 0 radical (unpaired) electrons. The van der Waals surface area contributed by atoms with Crippen molar-refractivity contribution in [2.75, 3.05) is 43.5 Å². The number of phenols is 1. The Hall–Kier alpha value is -3.03. The number of carbonyl (C=O) groups is 1. The van der Waals surface area contributed by atoms with Crippen LogP contribution in [0.15, 0.2) is 30.9 Å². The molecule has 2 aromatic rings. The fourth-order valence-corrected chi connectivity index (χ4v) is 3.24. The summed E-state index contributed by atoms with van der Waals surface area (Å²) < 4.78 is 14.1. The highest BCUT2D eigenvalue weighted by Gasteiger charge is 2.25. The molecule has 27 heavy (non-hydrogen) atoms. The van der Waals surface area contributed by atoms with E-state index in [4.69, 9.17) is 0 Å². The standard InChI is InChI=1S/C19H24FN5O2/c1-4-18(27)23(2)9-10-24(3)19-14-7-8-25(12-16(14)21-22-19)17-11-13(26)5-6-15(17)20/h4-6,11,26H,1,7-10,12H2,2-3H3,(H,21,22). The minimum Gasteiger partial charge on any atom is -0.508 e. The number of hydrogen-bond acceptors (Lipinski definition) is 5. The Labute approximate surface area is 157 Å². The van der Waals surface area contributed by atoms with Crippen molar-refractivity contribution in [1.82, 2.24) is 15.1 Å². The molecule has 144 valence electrons. The molecule has 3 rings (SSSR count). The number of nitrogens with one attached hydrogen (secondary N) is 1. The molecule has 1 aliphatic rings. The summed E-state index contributed by atoms with van der Waals surface area (Å²) >= 11 is 0. The van der Waals surface area contributed by atoms with Gasteiger partial charge in [0.1, 0.15) is 11.6 Å². The van der Waals surface area contributed by atoms with Gasteiger partial charge in [0, 0.05) is 45.4 Å². The third-order valence-electron chi connectivity index (χ3n) is 4.87. The molecule has 0 atom stereocenters. The van der Waals surface area contributed by atoms with Crippen molar-refractivity contribution >= 4 is 17.4 Å². The first-order valence-corrected chi connectivity index (χ1v) is 8.79. The Morgan fingerprint density at radius 3 is 2.96 bits per heavy atom. The Bertz CT molecular complexity index is 851. The van der Waals surface area contributed by atoms with Crippen LogP contribution < -0.4 is 9.80 Å². The molecular weight excluding hydrogens is 349 g/mol. The van der Waals surface area contributed by atoms with E-state index in [0.717, 1.165) is 17.1 Å². The van der Waals surface area contributed by atoms with Crippen LogP contribution in [0.4, 0.5) is 15.9 Å². The minimum atomic E-state index is -0.358. The lowest BCUT2D eigenvalue weighted by atomic mass is 10.1. The first kappa shape index (κ1) is 18.8. The highest BCUT2D eigenvalue weighted by molar-refractivity contribution is 5.86. The molecule has 0 aliphatic carbocycles. The van der Waals surface area contributed by atoms with Crippen molar-refractivity contribution < 1.29 is 14.3 Å². The largest absolute Gasteiger partial charge is 0.508 e. The van der Waals surface area contributed by atoms with Gasteiger partial charge in [0.25, 0.3) is 0 Å². The van der Waals surface area contributed by atoms with Crippen LogP contribution in [0.3, 0.4) is 0 Å². The third-order valence-corrected chi connectivity index (χ3v) is 4.87. The van der Waals surface area contributed by atoms with Gasteiger partial charge in [0.2, 0.25) is 5.91 Å². The second-order valence-electron chi connectivity index (χ2n) is 6.70. The van der Waals surface area contributed by atoms with E-state index in [1.165, 1.54) is 24.3 Å². The number of H-pyrrole nitrogens is 1. The van der Waals surface area contributed by atoms with Crippen molar-refractivity contribution in [3.8, 4) is 5.75 Å². The van der Waals surface area contributed by atoms with Crippen LogP contribution in [0.2, 0.25) is 0 Å². The lowest BCUT2D eigenvalue weighted by Crippen LogP contribution is -2.35. The number of halogens is 1. The van der Waals surface area contributed by atoms with Gasteiger partial charge >= 0.3 is 0 Å². The summed E-state index contributed by atoms with van der Waals surface area (Å²) in [5, 5.41) is 17.1. The number of phenolic OH excluding ortho intramolecular Hbond substituents is 1. The van der Waals surface area contributed by atoms with Crippen LogP contribution in [0.1, 0.15) is 11.3 Å². The van der Waals surface area contributed by atoms with Gasteiger partial charge in [0.05, 0.1) is 17.9 Å². The number of amides is 1. The Morgan fingerprint density at radius 2 is 2.22 bits per heavy atom. The molecule has 8 heteroatoms. The fourth-order valence-electron chi connectivity index (χ4n) is 3.24. The number of nitrogens with zero attached hydrogens (tertiary/aromatic N) is 4. The molecule has 1 amide bonds. The average Bonchev–Trinajstić information content (AvgIpc) is 3.10. The van der Waals surface area contributed by atoms with Crippen LogP contribution >= 0.6 is 0 Å². The molecule has 1 aromatic heterocycles. The Balaban J connectivity index is 1.70. The number of hydrogen-bond donors (Lipinski definition) is 2. The van der Waals surface area contributed by atoms with E-state index in [9.17, 15) is 14.3 Å². The zero-order valence-corrected chi connectivity index (χ0v) is 15.6.